The van der Waals surface area contributed by atoms with Gasteiger partial charge in [-0.25, -0.2) is 0 Å². The van der Waals surface area contributed by atoms with E-state index in [1.165, 1.54) is 22.3 Å². The van der Waals surface area contributed by atoms with E-state index >= 15 is 0 Å². The number of rotatable bonds is 4. The lowest BCUT2D eigenvalue weighted by atomic mass is 9.99. The molecule has 0 aliphatic carbocycles. The highest BCUT2D eigenvalue weighted by Crippen LogP contribution is 2.32. The normalized spacial score (nSPS) is 10.5. The van der Waals surface area contributed by atoms with E-state index in [1.807, 2.05) is 18.2 Å². The average molecular weight is 400 g/mol. The fourth-order valence-electron chi connectivity index (χ4n) is 3.01. The Kier molecular flexibility index (Phi) is 4.85. The van der Waals surface area contributed by atoms with Crippen molar-refractivity contribution in [1.82, 2.24) is 0 Å². The molecular weight excluding hydrogens is 382 g/mol. The molecule has 0 saturated carbocycles. The fourth-order valence-corrected chi connectivity index (χ4v) is 3.27. The highest BCUT2D eigenvalue weighted by molar-refractivity contribution is 9.10. The molecule has 4 aromatic rings. The van der Waals surface area contributed by atoms with E-state index in [0.29, 0.717) is 0 Å². The second kappa shape index (κ2) is 7.59. The van der Waals surface area contributed by atoms with Crippen LogP contribution in [0.5, 0.6) is 0 Å². The van der Waals surface area contributed by atoms with Crippen LogP contribution in [0.25, 0.3) is 22.3 Å². The van der Waals surface area contributed by atoms with Gasteiger partial charge >= 0.3 is 0 Å². The highest BCUT2D eigenvalue weighted by Gasteiger charge is 2.06. The van der Waals surface area contributed by atoms with Crippen molar-refractivity contribution in [1.29, 1.82) is 0 Å². The molecule has 4 rings (SSSR count). The average Bonchev–Trinajstić information content (AvgIpc) is 2.70. The zero-order valence-electron chi connectivity index (χ0n) is 14.2. The third-order valence-corrected chi connectivity index (χ3v) is 4.88. The number of anilines is 2. The summed E-state index contributed by atoms with van der Waals surface area (Å²) < 4.78 is 1.10. The number of halogens is 1. The first-order valence-electron chi connectivity index (χ1n) is 8.57. The van der Waals surface area contributed by atoms with Crippen LogP contribution in [0.3, 0.4) is 0 Å². The molecule has 4 aromatic carbocycles. The lowest BCUT2D eigenvalue weighted by Gasteiger charge is -2.13. The van der Waals surface area contributed by atoms with E-state index < -0.39 is 0 Å². The molecule has 26 heavy (non-hydrogen) atoms. The molecule has 0 unspecified atom stereocenters. The van der Waals surface area contributed by atoms with E-state index in [1.54, 1.807) is 0 Å². The van der Waals surface area contributed by atoms with E-state index in [2.05, 4.69) is 106 Å². The lowest BCUT2D eigenvalue weighted by Crippen LogP contribution is -1.92. The molecule has 0 aliphatic rings. The van der Waals surface area contributed by atoms with Gasteiger partial charge in [-0.05, 0) is 47.0 Å². The molecule has 0 aliphatic heterocycles. The summed E-state index contributed by atoms with van der Waals surface area (Å²) >= 11 is 3.49. The van der Waals surface area contributed by atoms with E-state index in [-0.39, 0.29) is 0 Å². The van der Waals surface area contributed by atoms with Gasteiger partial charge < -0.3 is 5.32 Å². The molecule has 1 N–H and O–H groups in total. The third kappa shape index (κ3) is 3.71. The monoisotopic (exact) mass is 399 g/mol. The number of benzene rings is 4. The topological polar surface area (TPSA) is 12.0 Å². The van der Waals surface area contributed by atoms with Crippen molar-refractivity contribution in [3.8, 4) is 22.3 Å². The molecule has 0 fully saturated rings. The summed E-state index contributed by atoms with van der Waals surface area (Å²) in [5.74, 6) is 0. The van der Waals surface area contributed by atoms with Crippen molar-refractivity contribution < 1.29 is 0 Å². The predicted octanol–water partition coefficient (Wildman–Crippen LogP) is 7.53. The fraction of sp³-hybridized carbons (Fsp3) is 0. The molecule has 0 heterocycles. The number of nitrogens with one attached hydrogen (secondary N) is 1. The van der Waals surface area contributed by atoms with Crippen LogP contribution in [0.1, 0.15) is 0 Å². The molecule has 0 radical (unpaired) electrons. The summed E-state index contributed by atoms with van der Waals surface area (Å²) in [7, 11) is 0. The van der Waals surface area contributed by atoms with Gasteiger partial charge in [-0.1, -0.05) is 88.7 Å². The minimum Gasteiger partial charge on any atom is -0.355 e. The van der Waals surface area contributed by atoms with Crippen molar-refractivity contribution >= 4 is 27.3 Å². The molecule has 0 bridgehead atoms. The summed E-state index contributed by atoms with van der Waals surface area (Å²) in [4.78, 5) is 0. The van der Waals surface area contributed by atoms with E-state index in [4.69, 9.17) is 0 Å². The van der Waals surface area contributed by atoms with Gasteiger partial charge in [-0.15, -0.1) is 0 Å². The molecule has 0 amide bonds. The maximum atomic E-state index is 3.52. The maximum Gasteiger partial charge on any atom is 0.0463 e. The predicted molar refractivity (Wildman–Crippen MR) is 115 cm³/mol. The second-order valence-electron chi connectivity index (χ2n) is 6.12. The molecule has 1 nitrogen and oxygen atoms in total. The molecular formula is C24H18BrN. The van der Waals surface area contributed by atoms with Gasteiger partial charge in [0.15, 0.2) is 0 Å². The minimum atomic E-state index is 1.09. The van der Waals surface area contributed by atoms with Gasteiger partial charge in [-0.2, -0.15) is 0 Å². The summed E-state index contributed by atoms with van der Waals surface area (Å²) in [5.41, 5.74) is 7.02. The minimum absolute atomic E-state index is 1.09. The van der Waals surface area contributed by atoms with Crippen molar-refractivity contribution in [2.24, 2.45) is 0 Å². The molecule has 0 aromatic heterocycles. The smallest absolute Gasteiger partial charge is 0.0463 e. The van der Waals surface area contributed by atoms with Crippen LogP contribution in [0.2, 0.25) is 0 Å². The van der Waals surface area contributed by atoms with Crippen LogP contribution in [0.4, 0.5) is 11.4 Å². The van der Waals surface area contributed by atoms with Crippen molar-refractivity contribution in [2.75, 3.05) is 5.32 Å². The first-order valence-corrected chi connectivity index (χ1v) is 9.36. The summed E-state index contributed by atoms with van der Waals surface area (Å²) in [6, 6.07) is 35.8. The highest BCUT2D eigenvalue weighted by atomic mass is 79.9. The Morgan fingerprint density at radius 3 is 1.73 bits per heavy atom. The van der Waals surface area contributed by atoms with Gasteiger partial charge in [0.05, 0.1) is 0 Å². The van der Waals surface area contributed by atoms with Gasteiger partial charge in [0.1, 0.15) is 0 Å². The van der Waals surface area contributed by atoms with Gasteiger partial charge in [0.2, 0.25) is 0 Å². The Morgan fingerprint density at radius 2 is 1.04 bits per heavy atom. The maximum absolute atomic E-state index is 3.52. The standard InChI is InChI=1S/C24H18BrN/c25-21-16-14-19(15-17-21)18-10-12-20(13-11-18)23-8-4-5-9-24(23)26-22-6-2-1-3-7-22/h1-17,26H. The zero-order chi connectivity index (χ0) is 17.8. The largest absolute Gasteiger partial charge is 0.355 e. The molecule has 0 spiro atoms. The quantitative estimate of drug-likeness (QED) is 0.373. The number of hydrogen-bond donors (Lipinski definition) is 1. The first kappa shape index (κ1) is 16.6. The first-order chi connectivity index (χ1) is 12.8. The SMILES string of the molecule is Brc1ccc(-c2ccc(-c3ccccc3Nc3ccccc3)cc2)cc1. The Labute approximate surface area is 162 Å². The Morgan fingerprint density at radius 1 is 0.500 bits per heavy atom. The summed E-state index contributed by atoms with van der Waals surface area (Å²) in [6.45, 7) is 0. The van der Waals surface area contributed by atoms with Crippen LogP contribution in [-0.2, 0) is 0 Å². The van der Waals surface area contributed by atoms with Crippen molar-refractivity contribution in [3.63, 3.8) is 0 Å². The lowest BCUT2D eigenvalue weighted by molar-refractivity contribution is 1.53. The van der Waals surface area contributed by atoms with E-state index in [9.17, 15) is 0 Å². The Balaban J connectivity index is 1.65. The van der Waals surface area contributed by atoms with Crippen molar-refractivity contribution in [3.05, 3.63) is 108 Å². The molecule has 126 valence electrons. The molecule has 2 heteroatoms. The second-order valence-corrected chi connectivity index (χ2v) is 7.04. The number of para-hydroxylation sites is 2. The van der Waals surface area contributed by atoms with Gasteiger partial charge in [-0.3, -0.25) is 0 Å². The van der Waals surface area contributed by atoms with Gasteiger partial charge in [0, 0.05) is 21.4 Å². The van der Waals surface area contributed by atoms with Crippen LogP contribution in [0, 0.1) is 0 Å². The molecule has 0 saturated heterocycles. The van der Waals surface area contributed by atoms with Crippen LogP contribution in [-0.4, -0.2) is 0 Å². The van der Waals surface area contributed by atoms with Crippen LogP contribution >= 0.6 is 15.9 Å². The summed E-state index contributed by atoms with van der Waals surface area (Å²) in [6.07, 6.45) is 0. The van der Waals surface area contributed by atoms with Crippen molar-refractivity contribution in [2.45, 2.75) is 0 Å². The Bertz CT molecular complexity index is 990. The zero-order valence-corrected chi connectivity index (χ0v) is 15.8. The molecule has 0 atom stereocenters. The Hall–Kier alpha value is -2.84. The summed E-state index contributed by atoms with van der Waals surface area (Å²) in [5, 5.41) is 3.52. The van der Waals surface area contributed by atoms with Gasteiger partial charge in [0.25, 0.3) is 0 Å². The van der Waals surface area contributed by atoms with Crippen LogP contribution in [0.15, 0.2) is 108 Å². The van der Waals surface area contributed by atoms with E-state index in [0.717, 1.165) is 15.8 Å². The number of hydrogen-bond acceptors (Lipinski definition) is 1. The van der Waals surface area contributed by atoms with Crippen LogP contribution < -0.4 is 5.32 Å². The third-order valence-electron chi connectivity index (χ3n) is 4.35.